The average molecular weight is 319 g/mol. The van der Waals surface area contributed by atoms with Gasteiger partial charge in [0, 0.05) is 17.3 Å². The summed E-state index contributed by atoms with van der Waals surface area (Å²) in [5.74, 6) is 3.73. The first-order valence-corrected chi connectivity index (χ1v) is 6.59. The second kappa shape index (κ2) is 6.23. The van der Waals surface area contributed by atoms with Crippen molar-refractivity contribution in [2.75, 3.05) is 0 Å². The number of rotatable bonds is 2. The molecule has 1 atom stereocenters. The van der Waals surface area contributed by atoms with Crippen LogP contribution in [0.5, 0.6) is 0 Å². The zero-order valence-electron chi connectivity index (χ0n) is 12.1. The maximum Gasteiger partial charge on any atom is 0.428 e. The molecule has 0 spiro atoms. The largest absolute Gasteiger partial charge is 0.428 e. The molecule has 6 heteroatoms. The van der Waals surface area contributed by atoms with Crippen molar-refractivity contribution in [3.63, 3.8) is 0 Å². The van der Waals surface area contributed by atoms with Crippen molar-refractivity contribution >= 4 is 5.78 Å². The van der Waals surface area contributed by atoms with Crippen molar-refractivity contribution in [1.82, 2.24) is 4.98 Å². The van der Waals surface area contributed by atoms with E-state index in [1.165, 1.54) is 30.5 Å². The third kappa shape index (κ3) is 3.96. The first-order chi connectivity index (χ1) is 10.7. The molecule has 2 aromatic rings. The van der Waals surface area contributed by atoms with E-state index in [9.17, 15) is 23.1 Å². The van der Waals surface area contributed by atoms with Gasteiger partial charge < -0.3 is 5.11 Å². The van der Waals surface area contributed by atoms with Crippen LogP contribution in [0.1, 0.15) is 28.5 Å². The summed E-state index contributed by atoms with van der Waals surface area (Å²) in [4.78, 5) is 16.1. The molecular formula is C17H12F3NO2. The Labute approximate surface area is 130 Å². The molecule has 1 aromatic carbocycles. The summed E-state index contributed by atoms with van der Waals surface area (Å²) >= 11 is 0. The number of benzene rings is 1. The molecule has 23 heavy (non-hydrogen) atoms. The van der Waals surface area contributed by atoms with Gasteiger partial charge in [-0.15, -0.1) is 0 Å². The summed E-state index contributed by atoms with van der Waals surface area (Å²) in [7, 11) is 0. The van der Waals surface area contributed by atoms with Gasteiger partial charge in [-0.2, -0.15) is 13.2 Å². The summed E-state index contributed by atoms with van der Waals surface area (Å²) in [6.45, 7) is 0.582. The Morgan fingerprint density at radius 3 is 2.30 bits per heavy atom. The molecule has 118 valence electrons. The predicted molar refractivity (Wildman–Crippen MR) is 77.7 cm³/mol. The summed E-state index contributed by atoms with van der Waals surface area (Å²) in [6, 6.07) is 10.6. The second-order valence-corrected chi connectivity index (χ2v) is 4.94. The number of nitrogens with zero attached hydrogens (tertiary/aromatic N) is 1. The lowest BCUT2D eigenvalue weighted by molar-refractivity contribution is -0.228. The van der Waals surface area contributed by atoms with Crippen LogP contribution in [-0.4, -0.2) is 27.7 Å². The van der Waals surface area contributed by atoms with E-state index in [2.05, 4.69) is 10.9 Å². The molecule has 0 aliphatic heterocycles. The molecule has 0 amide bonds. The monoisotopic (exact) mass is 319 g/mol. The van der Waals surface area contributed by atoms with E-state index in [0.29, 0.717) is 12.5 Å². The molecule has 2 rings (SSSR count). The van der Waals surface area contributed by atoms with Gasteiger partial charge in [0.05, 0.1) is 0 Å². The predicted octanol–water partition coefficient (Wildman–Crippen LogP) is 2.98. The lowest BCUT2D eigenvalue weighted by Crippen LogP contribution is -2.40. The molecule has 0 bridgehead atoms. The third-order valence-corrected chi connectivity index (χ3v) is 3.05. The second-order valence-electron chi connectivity index (χ2n) is 4.94. The zero-order valence-corrected chi connectivity index (χ0v) is 12.1. The van der Waals surface area contributed by atoms with Crippen molar-refractivity contribution in [3.8, 4) is 11.8 Å². The maximum absolute atomic E-state index is 12.5. The molecule has 1 N–H and O–H groups in total. The fraction of sp³-hybridized carbons (Fsp3) is 0.176. The summed E-state index contributed by atoms with van der Waals surface area (Å²) in [6.07, 6.45) is -3.35. The summed E-state index contributed by atoms with van der Waals surface area (Å²) in [5, 5.41) is 9.24. The van der Waals surface area contributed by atoms with Gasteiger partial charge in [-0.25, -0.2) is 0 Å². The number of alkyl halides is 3. The number of hydrogen-bond acceptors (Lipinski definition) is 3. The fourth-order valence-electron chi connectivity index (χ4n) is 1.61. The van der Waals surface area contributed by atoms with Gasteiger partial charge in [0.15, 0.2) is 0 Å². The molecule has 0 saturated carbocycles. The number of aromatic nitrogens is 1. The van der Waals surface area contributed by atoms with Gasteiger partial charge in [-0.3, -0.25) is 9.78 Å². The molecule has 3 nitrogen and oxygen atoms in total. The van der Waals surface area contributed by atoms with Gasteiger partial charge in [-0.05, 0) is 43.3 Å². The van der Waals surface area contributed by atoms with Gasteiger partial charge in [0.25, 0.3) is 0 Å². The van der Waals surface area contributed by atoms with Crippen LogP contribution in [0.25, 0.3) is 0 Å². The molecule has 1 heterocycles. The molecule has 1 unspecified atom stereocenters. The van der Waals surface area contributed by atoms with E-state index >= 15 is 0 Å². The summed E-state index contributed by atoms with van der Waals surface area (Å²) in [5.41, 5.74) is -2.22. The van der Waals surface area contributed by atoms with Crippen LogP contribution in [-0.2, 0) is 0 Å². The minimum absolute atomic E-state index is 0.257. The number of aliphatic hydroxyl groups is 1. The highest BCUT2D eigenvalue weighted by molar-refractivity contribution is 6.07. The number of carbonyl (C=O) groups is 1. The highest BCUT2D eigenvalue weighted by atomic mass is 19.4. The highest BCUT2D eigenvalue weighted by Gasteiger charge is 2.48. The van der Waals surface area contributed by atoms with Crippen molar-refractivity contribution < 1.29 is 23.1 Å². The van der Waals surface area contributed by atoms with Crippen molar-refractivity contribution in [1.29, 1.82) is 0 Å². The van der Waals surface area contributed by atoms with E-state index in [1.807, 2.05) is 0 Å². The Balaban J connectivity index is 2.20. The minimum Gasteiger partial charge on any atom is -0.370 e. The SMILES string of the molecule is CC(O)(C#Cc1ccc(C(=O)c2ccccn2)cc1)C(F)(F)F. The fourth-order valence-corrected chi connectivity index (χ4v) is 1.61. The Bertz CT molecular complexity index is 754. The van der Waals surface area contributed by atoms with E-state index in [1.54, 1.807) is 24.1 Å². The number of hydrogen-bond donors (Lipinski definition) is 1. The van der Waals surface area contributed by atoms with Gasteiger partial charge >= 0.3 is 6.18 Å². The molecular weight excluding hydrogens is 307 g/mol. The first kappa shape index (κ1) is 16.7. The van der Waals surface area contributed by atoms with E-state index < -0.39 is 11.8 Å². The number of carbonyl (C=O) groups excluding carboxylic acids is 1. The van der Waals surface area contributed by atoms with E-state index in [-0.39, 0.29) is 17.0 Å². The van der Waals surface area contributed by atoms with E-state index in [0.717, 1.165) is 0 Å². The first-order valence-electron chi connectivity index (χ1n) is 6.59. The molecule has 0 aliphatic carbocycles. The molecule has 0 aliphatic rings. The molecule has 0 saturated heterocycles. The molecule has 0 fully saturated rings. The van der Waals surface area contributed by atoms with Gasteiger partial charge in [-0.1, -0.05) is 17.9 Å². The standard InChI is InChI=1S/C17H12F3NO2/c1-16(23,17(18,19)20)10-9-12-5-7-13(8-6-12)15(22)14-4-2-3-11-21-14/h2-8,11,23H,1H3. The average Bonchev–Trinajstić information content (AvgIpc) is 2.52. The van der Waals surface area contributed by atoms with E-state index in [4.69, 9.17) is 0 Å². The van der Waals surface area contributed by atoms with Crippen LogP contribution in [0, 0.1) is 11.8 Å². The Morgan fingerprint density at radius 1 is 1.13 bits per heavy atom. The van der Waals surface area contributed by atoms with Crippen molar-refractivity contribution in [3.05, 3.63) is 65.5 Å². The molecule has 0 radical (unpaired) electrons. The van der Waals surface area contributed by atoms with Crippen molar-refractivity contribution in [2.24, 2.45) is 0 Å². The van der Waals surface area contributed by atoms with Crippen molar-refractivity contribution in [2.45, 2.75) is 18.7 Å². The molecule has 1 aromatic heterocycles. The minimum atomic E-state index is -4.84. The Morgan fingerprint density at radius 2 is 1.78 bits per heavy atom. The normalized spacial score (nSPS) is 13.6. The number of pyridine rings is 1. The van der Waals surface area contributed by atoms with Gasteiger partial charge in [0.1, 0.15) is 5.69 Å². The Hall–Kier alpha value is -2.65. The van der Waals surface area contributed by atoms with Crippen LogP contribution >= 0.6 is 0 Å². The van der Waals surface area contributed by atoms with Crippen LogP contribution < -0.4 is 0 Å². The van der Waals surface area contributed by atoms with Gasteiger partial charge in [0.2, 0.25) is 11.4 Å². The lowest BCUT2D eigenvalue weighted by Gasteiger charge is -2.19. The van der Waals surface area contributed by atoms with Crippen LogP contribution in [0.4, 0.5) is 13.2 Å². The van der Waals surface area contributed by atoms with Crippen LogP contribution in [0.15, 0.2) is 48.7 Å². The number of ketones is 1. The maximum atomic E-state index is 12.5. The quantitative estimate of drug-likeness (QED) is 0.684. The summed E-state index contributed by atoms with van der Waals surface area (Å²) < 4.78 is 37.5. The third-order valence-electron chi connectivity index (χ3n) is 3.05. The zero-order chi connectivity index (χ0) is 17.1. The lowest BCUT2D eigenvalue weighted by atomic mass is 10.0. The van der Waals surface area contributed by atoms with Crippen LogP contribution in [0.2, 0.25) is 0 Å². The topological polar surface area (TPSA) is 50.2 Å². The Kier molecular flexibility index (Phi) is 4.52. The highest BCUT2D eigenvalue weighted by Crippen LogP contribution is 2.29. The van der Waals surface area contributed by atoms with Crippen LogP contribution in [0.3, 0.4) is 0 Å². The smallest absolute Gasteiger partial charge is 0.370 e. The number of halogens is 3.